The minimum absolute atomic E-state index is 0.343. The van der Waals surface area contributed by atoms with Crippen molar-refractivity contribution in [2.24, 2.45) is 5.11 Å². The van der Waals surface area contributed by atoms with Gasteiger partial charge in [0.1, 0.15) is 11.5 Å². The van der Waals surface area contributed by atoms with Crippen molar-refractivity contribution in [1.82, 2.24) is 0 Å². The predicted octanol–water partition coefficient (Wildman–Crippen LogP) is 5.96. The average molecular weight is 504 g/mol. The molecule has 1 fully saturated rings. The SMILES string of the molecule is Cc1ccc(S[C@@H]2O[C@H]([C@@H](C)N=[N+]=[N-])[C@@H](OC(=O)c3ccccc3)[C@H]2OC(=O)c2ccccc2)cc1. The van der Waals surface area contributed by atoms with Gasteiger partial charge in [0.05, 0.1) is 17.2 Å². The van der Waals surface area contributed by atoms with E-state index in [0.717, 1.165) is 10.5 Å². The molecule has 0 aliphatic carbocycles. The molecule has 0 saturated carbocycles. The third-order valence-electron chi connectivity index (χ3n) is 5.69. The van der Waals surface area contributed by atoms with Crippen LogP contribution in [0.15, 0.2) is 94.9 Å². The highest BCUT2D eigenvalue weighted by atomic mass is 32.2. The molecule has 9 heteroatoms. The molecular weight excluding hydrogens is 478 g/mol. The van der Waals surface area contributed by atoms with Crippen molar-refractivity contribution >= 4 is 23.7 Å². The number of azide groups is 1. The Kier molecular flexibility index (Phi) is 8.28. The van der Waals surface area contributed by atoms with Gasteiger partial charge in [0.2, 0.25) is 0 Å². The highest BCUT2D eigenvalue weighted by Crippen LogP contribution is 2.39. The van der Waals surface area contributed by atoms with Gasteiger partial charge < -0.3 is 14.2 Å². The second-order valence-electron chi connectivity index (χ2n) is 8.32. The molecule has 1 aliphatic rings. The molecule has 8 nitrogen and oxygen atoms in total. The molecule has 1 saturated heterocycles. The minimum Gasteiger partial charge on any atom is -0.452 e. The summed E-state index contributed by atoms with van der Waals surface area (Å²) in [6.45, 7) is 3.66. The van der Waals surface area contributed by atoms with Crippen molar-refractivity contribution in [2.45, 2.75) is 48.5 Å². The number of ether oxygens (including phenoxy) is 3. The Morgan fingerprint density at radius 1 is 0.889 bits per heavy atom. The van der Waals surface area contributed by atoms with Crippen LogP contribution in [0.25, 0.3) is 10.4 Å². The molecule has 0 unspecified atom stereocenters. The molecule has 1 heterocycles. The van der Waals surface area contributed by atoms with E-state index in [9.17, 15) is 9.59 Å². The second-order valence-corrected chi connectivity index (χ2v) is 9.49. The van der Waals surface area contributed by atoms with Gasteiger partial charge in [0.15, 0.2) is 12.2 Å². The Hall–Kier alpha value is -3.78. The van der Waals surface area contributed by atoms with Gasteiger partial charge in [-0.05, 0) is 48.9 Å². The highest BCUT2D eigenvalue weighted by Gasteiger charge is 2.52. The molecule has 3 aromatic rings. The standard InChI is InChI=1S/C27H25N3O5S/c1-17-13-15-21(16-14-17)36-27-24(34-26(32)20-11-7-4-8-12-20)23(22(35-27)18(2)29-30-28)33-25(31)19-9-5-3-6-10-19/h3-16,18,22-24,27H,1-2H3/t18-,22-,23-,24-,27+/m1/s1. The van der Waals surface area contributed by atoms with Crippen molar-refractivity contribution in [3.05, 3.63) is 112 Å². The molecular formula is C27H25N3O5S. The Morgan fingerprint density at radius 3 is 1.94 bits per heavy atom. The summed E-state index contributed by atoms with van der Waals surface area (Å²) >= 11 is 1.35. The van der Waals surface area contributed by atoms with Crippen LogP contribution in [0.5, 0.6) is 0 Å². The zero-order valence-corrected chi connectivity index (χ0v) is 20.6. The summed E-state index contributed by atoms with van der Waals surface area (Å²) in [5.74, 6) is -1.17. The smallest absolute Gasteiger partial charge is 0.338 e. The quantitative estimate of drug-likeness (QED) is 0.162. The molecule has 184 valence electrons. The van der Waals surface area contributed by atoms with E-state index in [-0.39, 0.29) is 0 Å². The van der Waals surface area contributed by atoms with Gasteiger partial charge in [-0.25, -0.2) is 9.59 Å². The van der Waals surface area contributed by atoms with E-state index < -0.39 is 41.7 Å². The summed E-state index contributed by atoms with van der Waals surface area (Å²) < 4.78 is 18.0. The summed E-state index contributed by atoms with van der Waals surface area (Å²) in [5, 5.41) is 3.78. The maximum Gasteiger partial charge on any atom is 0.338 e. The van der Waals surface area contributed by atoms with E-state index in [0.29, 0.717) is 11.1 Å². The molecule has 0 spiro atoms. The van der Waals surface area contributed by atoms with Crippen molar-refractivity contribution in [2.75, 3.05) is 0 Å². The molecule has 0 N–H and O–H groups in total. The lowest BCUT2D eigenvalue weighted by Gasteiger charge is -2.25. The molecule has 4 rings (SSSR count). The van der Waals surface area contributed by atoms with Crippen LogP contribution >= 0.6 is 11.8 Å². The number of hydrogen-bond acceptors (Lipinski definition) is 7. The number of thioether (sulfide) groups is 1. The van der Waals surface area contributed by atoms with Crippen molar-refractivity contribution in [1.29, 1.82) is 0 Å². The number of hydrogen-bond donors (Lipinski definition) is 0. The normalized spacial score (nSPS) is 21.7. The van der Waals surface area contributed by atoms with Crippen LogP contribution < -0.4 is 0 Å². The molecule has 1 aliphatic heterocycles. The lowest BCUT2D eigenvalue weighted by molar-refractivity contribution is -0.0321. The summed E-state index contributed by atoms with van der Waals surface area (Å²) in [4.78, 5) is 29.8. The fourth-order valence-electron chi connectivity index (χ4n) is 3.82. The van der Waals surface area contributed by atoms with Gasteiger partial charge in [-0.2, -0.15) is 0 Å². The number of rotatable bonds is 8. The largest absolute Gasteiger partial charge is 0.452 e. The monoisotopic (exact) mass is 503 g/mol. The number of benzene rings is 3. The molecule has 0 radical (unpaired) electrons. The first kappa shape index (κ1) is 25.3. The zero-order chi connectivity index (χ0) is 25.5. The van der Waals surface area contributed by atoms with Crippen molar-refractivity contribution in [3.8, 4) is 0 Å². The molecule has 0 bridgehead atoms. The Bertz CT molecular complexity index is 1230. The first-order valence-corrected chi connectivity index (χ1v) is 12.3. The van der Waals surface area contributed by atoms with Crippen LogP contribution in [0.3, 0.4) is 0 Å². The van der Waals surface area contributed by atoms with Crippen LogP contribution in [0, 0.1) is 6.92 Å². The number of carbonyl (C=O) groups is 2. The fraction of sp³-hybridized carbons (Fsp3) is 0.259. The van der Waals surface area contributed by atoms with Gasteiger partial charge in [-0.3, -0.25) is 0 Å². The highest BCUT2D eigenvalue weighted by molar-refractivity contribution is 7.99. The van der Waals surface area contributed by atoms with Crippen LogP contribution in [0.4, 0.5) is 0 Å². The van der Waals surface area contributed by atoms with E-state index in [1.54, 1.807) is 67.6 Å². The van der Waals surface area contributed by atoms with Gasteiger partial charge in [-0.1, -0.05) is 77.9 Å². The predicted molar refractivity (Wildman–Crippen MR) is 136 cm³/mol. The third kappa shape index (κ3) is 6.07. The lowest BCUT2D eigenvalue weighted by atomic mass is 10.1. The molecule has 36 heavy (non-hydrogen) atoms. The van der Waals surface area contributed by atoms with Gasteiger partial charge in [0.25, 0.3) is 0 Å². The Morgan fingerprint density at radius 2 is 1.42 bits per heavy atom. The van der Waals surface area contributed by atoms with Crippen LogP contribution in [-0.2, 0) is 14.2 Å². The van der Waals surface area contributed by atoms with Crippen LogP contribution in [0.2, 0.25) is 0 Å². The summed E-state index contributed by atoms with van der Waals surface area (Å²) in [6, 6.07) is 24.2. The molecule has 5 atom stereocenters. The maximum absolute atomic E-state index is 13.0. The summed E-state index contributed by atoms with van der Waals surface area (Å²) in [7, 11) is 0. The first-order valence-electron chi connectivity index (χ1n) is 11.4. The minimum atomic E-state index is -1.01. The van der Waals surface area contributed by atoms with Gasteiger partial charge in [-0.15, -0.1) is 0 Å². The van der Waals surface area contributed by atoms with Gasteiger partial charge in [0, 0.05) is 9.81 Å². The number of nitrogens with zero attached hydrogens (tertiary/aromatic N) is 3. The first-order chi connectivity index (χ1) is 17.5. The molecule has 0 aromatic heterocycles. The summed E-state index contributed by atoms with van der Waals surface area (Å²) in [6.07, 6.45) is -2.79. The molecule has 0 amide bonds. The second kappa shape index (κ2) is 11.8. The number of aryl methyl sites for hydroxylation is 1. The van der Waals surface area contributed by atoms with Crippen LogP contribution in [-0.4, -0.2) is 41.7 Å². The van der Waals surface area contributed by atoms with Crippen molar-refractivity contribution < 1.29 is 23.8 Å². The van der Waals surface area contributed by atoms with Crippen LogP contribution in [0.1, 0.15) is 33.2 Å². The lowest BCUT2D eigenvalue weighted by Crippen LogP contribution is -2.42. The fourth-order valence-corrected chi connectivity index (χ4v) is 4.91. The number of carbonyl (C=O) groups excluding carboxylic acids is 2. The van der Waals surface area contributed by atoms with Gasteiger partial charge >= 0.3 is 11.9 Å². The summed E-state index contributed by atoms with van der Waals surface area (Å²) in [5.41, 5.74) is 10.1. The van der Waals surface area contributed by atoms with E-state index in [1.807, 2.05) is 31.2 Å². The third-order valence-corrected chi connectivity index (χ3v) is 6.85. The average Bonchev–Trinajstić information content (AvgIpc) is 3.22. The van der Waals surface area contributed by atoms with E-state index >= 15 is 0 Å². The van der Waals surface area contributed by atoms with E-state index in [2.05, 4.69) is 10.0 Å². The van der Waals surface area contributed by atoms with Crippen molar-refractivity contribution in [3.63, 3.8) is 0 Å². The Balaban J connectivity index is 1.67. The Labute approximate surface area is 213 Å². The maximum atomic E-state index is 13.0. The van der Waals surface area contributed by atoms with E-state index in [1.165, 1.54) is 11.8 Å². The zero-order valence-electron chi connectivity index (χ0n) is 19.8. The topological polar surface area (TPSA) is 111 Å². The molecule has 3 aromatic carbocycles. The van der Waals surface area contributed by atoms with E-state index in [4.69, 9.17) is 19.7 Å². The number of esters is 2.